The fraction of sp³-hybridized carbons (Fsp3) is 0.273. The maximum absolute atomic E-state index is 13.0. The van der Waals surface area contributed by atoms with E-state index in [9.17, 15) is 8.42 Å². The Kier molecular flexibility index (Phi) is 5.25. The molecule has 0 amide bonds. The third-order valence-corrected chi connectivity index (χ3v) is 7.29. The third kappa shape index (κ3) is 4.05. The van der Waals surface area contributed by atoms with Gasteiger partial charge in [-0.05, 0) is 28.5 Å². The Balaban J connectivity index is 1.40. The van der Waals surface area contributed by atoms with Crippen LogP contribution in [0.3, 0.4) is 0 Å². The van der Waals surface area contributed by atoms with Crippen LogP contribution in [0.4, 0.5) is 0 Å². The van der Waals surface area contributed by atoms with Crippen molar-refractivity contribution in [2.24, 2.45) is 0 Å². The molecule has 0 radical (unpaired) electrons. The maximum Gasteiger partial charge on any atom is 0.243 e. The number of fused-ring (bicyclic) bond motifs is 1. The first-order chi connectivity index (χ1) is 13.1. The molecule has 0 aliphatic carbocycles. The molecule has 27 heavy (non-hydrogen) atoms. The second-order valence-electron chi connectivity index (χ2n) is 7.15. The fourth-order valence-electron chi connectivity index (χ4n) is 3.74. The predicted octanol–water partition coefficient (Wildman–Crippen LogP) is 1.97. The summed E-state index contributed by atoms with van der Waals surface area (Å²) < 4.78 is 27.7. The van der Waals surface area contributed by atoms with Gasteiger partial charge in [-0.2, -0.15) is 4.31 Å². The molecule has 0 unspecified atom stereocenters. The molecule has 1 fully saturated rings. The monoisotopic (exact) mass is 381 g/mol. The summed E-state index contributed by atoms with van der Waals surface area (Å²) >= 11 is 0. The molecule has 1 heterocycles. The molecule has 3 aromatic carbocycles. The van der Waals surface area contributed by atoms with Crippen LogP contribution in [0.25, 0.3) is 10.8 Å². The van der Waals surface area contributed by atoms with Crippen molar-refractivity contribution in [3.05, 3.63) is 78.4 Å². The zero-order chi connectivity index (χ0) is 18.7. The lowest BCUT2D eigenvalue weighted by Crippen LogP contribution is -3.15. The predicted molar refractivity (Wildman–Crippen MR) is 108 cm³/mol. The van der Waals surface area contributed by atoms with E-state index in [1.807, 2.05) is 36.4 Å². The van der Waals surface area contributed by atoms with E-state index < -0.39 is 10.0 Å². The van der Waals surface area contributed by atoms with Gasteiger partial charge in [0, 0.05) is 6.42 Å². The zero-order valence-corrected chi connectivity index (χ0v) is 16.2. The number of benzene rings is 3. The minimum absolute atomic E-state index is 0.397. The van der Waals surface area contributed by atoms with E-state index in [2.05, 4.69) is 24.3 Å². The third-order valence-electron chi connectivity index (χ3n) is 5.40. The largest absolute Gasteiger partial charge is 0.332 e. The molecule has 0 aromatic heterocycles. The molecule has 0 atom stereocenters. The second-order valence-corrected chi connectivity index (χ2v) is 9.09. The molecular formula is C22H25N2O2S+. The molecule has 0 bridgehead atoms. The highest BCUT2D eigenvalue weighted by atomic mass is 32.2. The van der Waals surface area contributed by atoms with Crippen molar-refractivity contribution in [1.29, 1.82) is 0 Å². The Hall–Kier alpha value is -2.21. The Morgan fingerprint density at radius 1 is 0.815 bits per heavy atom. The first kappa shape index (κ1) is 18.2. The normalized spacial score (nSPS) is 16.6. The molecule has 4 rings (SSSR count). The number of quaternary nitrogens is 1. The zero-order valence-electron chi connectivity index (χ0n) is 15.3. The minimum Gasteiger partial charge on any atom is -0.332 e. The van der Waals surface area contributed by atoms with E-state index in [1.165, 1.54) is 10.5 Å². The molecule has 140 valence electrons. The summed E-state index contributed by atoms with van der Waals surface area (Å²) in [6.07, 6.45) is 1.04. The van der Waals surface area contributed by atoms with E-state index >= 15 is 0 Å². The average Bonchev–Trinajstić information content (AvgIpc) is 2.73. The van der Waals surface area contributed by atoms with Gasteiger partial charge in [-0.25, -0.2) is 8.42 Å². The number of piperazine rings is 1. The van der Waals surface area contributed by atoms with Crippen molar-refractivity contribution in [2.75, 3.05) is 32.7 Å². The molecule has 4 nitrogen and oxygen atoms in total. The summed E-state index contributed by atoms with van der Waals surface area (Å²) in [7, 11) is -3.42. The fourth-order valence-corrected chi connectivity index (χ4v) is 5.21. The highest BCUT2D eigenvalue weighted by Crippen LogP contribution is 2.21. The van der Waals surface area contributed by atoms with Crippen LogP contribution >= 0.6 is 0 Å². The molecule has 3 aromatic rings. The first-order valence-corrected chi connectivity index (χ1v) is 10.9. The van der Waals surface area contributed by atoms with E-state index in [4.69, 9.17) is 0 Å². The molecule has 0 saturated carbocycles. The Morgan fingerprint density at radius 3 is 2.22 bits per heavy atom. The number of nitrogens with one attached hydrogen (secondary N) is 1. The summed E-state index contributed by atoms with van der Waals surface area (Å²) in [6.45, 7) is 3.94. The van der Waals surface area contributed by atoms with Gasteiger partial charge in [-0.3, -0.25) is 0 Å². The molecule has 5 heteroatoms. The number of nitrogens with zero attached hydrogens (tertiary/aromatic N) is 1. The van der Waals surface area contributed by atoms with Crippen LogP contribution in [0, 0.1) is 0 Å². The smallest absolute Gasteiger partial charge is 0.243 e. The standard InChI is InChI=1S/C22H24N2O2S/c25-27(26,22-11-10-20-8-4-5-9-21(20)18-22)24-16-14-23(15-17-24)13-12-19-6-2-1-3-7-19/h1-11,18H,12-17H2/p+1. The number of hydrogen-bond acceptors (Lipinski definition) is 2. The van der Waals surface area contributed by atoms with Crippen molar-refractivity contribution in [3.8, 4) is 0 Å². The molecule has 1 aliphatic heterocycles. The Morgan fingerprint density at radius 2 is 1.48 bits per heavy atom. The van der Waals surface area contributed by atoms with Gasteiger partial charge in [-0.1, -0.05) is 60.7 Å². The summed E-state index contributed by atoms with van der Waals surface area (Å²) in [4.78, 5) is 1.87. The lowest BCUT2D eigenvalue weighted by molar-refractivity contribution is -0.903. The van der Waals surface area contributed by atoms with Gasteiger partial charge in [0.1, 0.15) is 0 Å². The van der Waals surface area contributed by atoms with Crippen LogP contribution in [-0.2, 0) is 16.4 Å². The minimum atomic E-state index is -3.42. The van der Waals surface area contributed by atoms with Crippen LogP contribution in [0.2, 0.25) is 0 Å². The molecule has 0 spiro atoms. The SMILES string of the molecule is O=S(=O)(c1ccc2ccccc2c1)N1CC[NH+](CCc2ccccc2)CC1. The number of sulfonamides is 1. The summed E-state index contributed by atoms with van der Waals surface area (Å²) in [6, 6.07) is 23.8. The van der Waals surface area contributed by atoms with Crippen LogP contribution in [0.5, 0.6) is 0 Å². The van der Waals surface area contributed by atoms with Gasteiger partial charge < -0.3 is 4.90 Å². The summed E-state index contributed by atoms with van der Waals surface area (Å²) in [5.74, 6) is 0. The number of rotatable bonds is 5. The van der Waals surface area contributed by atoms with Crippen LogP contribution in [0.1, 0.15) is 5.56 Å². The van der Waals surface area contributed by atoms with Gasteiger partial charge in [0.25, 0.3) is 0 Å². The van der Waals surface area contributed by atoms with Gasteiger partial charge >= 0.3 is 0 Å². The molecule has 1 saturated heterocycles. The van der Waals surface area contributed by atoms with Crippen molar-refractivity contribution in [2.45, 2.75) is 11.3 Å². The lowest BCUT2D eigenvalue weighted by atomic mass is 10.1. The topological polar surface area (TPSA) is 41.8 Å². The Labute approximate surface area is 161 Å². The van der Waals surface area contributed by atoms with Crippen molar-refractivity contribution >= 4 is 20.8 Å². The van der Waals surface area contributed by atoms with E-state index in [0.717, 1.165) is 36.8 Å². The van der Waals surface area contributed by atoms with Crippen molar-refractivity contribution in [1.82, 2.24) is 4.31 Å². The van der Waals surface area contributed by atoms with Gasteiger partial charge in [0.2, 0.25) is 10.0 Å². The van der Waals surface area contributed by atoms with Crippen LogP contribution in [-0.4, -0.2) is 45.4 Å². The highest BCUT2D eigenvalue weighted by Gasteiger charge is 2.30. The lowest BCUT2D eigenvalue weighted by Gasteiger charge is -2.31. The maximum atomic E-state index is 13.0. The molecular weight excluding hydrogens is 356 g/mol. The van der Waals surface area contributed by atoms with E-state index in [0.29, 0.717) is 18.0 Å². The quantitative estimate of drug-likeness (QED) is 0.734. The Bertz CT molecular complexity index is 1010. The average molecular weight is 382 g/mol. The summed E-state index contributed by atoms with van der Waals surface area (Å²) in [5.41, 5.74) is 1.34. The van der Waals surface area contributed by atoms with Crippen molar-refractivity contribution in [3.63, 3.8) is 0 Å². The number of hydrogen-bond donors (Lipinski definition) is 1. The van der Waals surface area contributed by atoms with Crippen molar-refractivity contribution < 1.29 is 13.3 Å². The van der Waals surface area contributed by atoms with Gasteiger partial charge in [0.05, 0.1) is 37.6 Å². The second kappa shape index (κ2) is 7.80. The van der Waals surface area contributed by atoms with Gasteiger partial charge in [0.15, 0.2) is 0 Å². The summed E-state index contributed by atoms with van der Waals surface area (Å²) in [5, 5.41) is 2.03. The van der Waals surface area contributed by atoms with Crippen LogP contribution in [0.15, 0.2) is 77.7 Å². The highest BCUT2D eigenvalue weighted by molar-refractivity contribution is 7.89. The van der Waals surface area contributed by atoms with Crippen LogP contribution < -0.4 is 4.90 Å². The van der Waals surface area contributed by atoms with E-state index in [1.54, 1.807) is 16.4 Å². The van der Waals surface area contributed by atoms with Gasteiger partial charge in [-0.15, -0.1) is 0 Å². The molecule has 1 N–H and O–H groups in total. The first-order valence-electron chi connectivity index (χ1n) is 9.49. The molecule has 1 aliphatic rings. The van der Waals surface area contributed by atoms with E-state index in [-0.39, 0.29) is 0 Å².